The summed E-state index contributed by atoms with van der Waals surface area (Å²) in [7, 11) is 1.59. The molecule has 1 fully saturated rings. The van der Waals surface area contributed by atoms with Crippen molar-refractivity contribution in [2.24, 2.45) is 5.92 Å². The lowest BCUT2D eigenvalue weighted by Gasteiger charge is -2.13. The van der Waals surface area contributed by atoms with Crippen LogP contribution in [0, 0.1) is 5.92 Å². The normalized spacial score (nSPS) is 14.0. The SMILES string of the molecule is COc1cc(-c2ccc(NCC3CC3)c(N)c2Cl)ccn1. The van der Waals surface area contributed by atoms with E-state index in [2.05, 4.69) is 10.3 Å². The first-order chi connectivity index (χ1) is 10.2. The molecule has 3 N–H and O–H groups in total. The van der Waals surface area contributed by atoms with Crippen molar-refractivity contribution in [3.63, 3.8) is 0 Å². The summed E-state index contributed by atoms with van der Waals surface area (Å²) in [6.07, 6.45) is 4.30. The fourth-order valence-corrected chi connectivity index (χ4v) is 2.51. The Morgan fingerprint density at radius 3 is 2.90 bits per heavy atom. The van der Waals surface area contributed by atoms with Crippen LogP contribution >= 0.6 is 11.6 Å². The molecule has 0 aliphatic heterocycles. The van der Waals surface area contributed by atoms with Crippen LogP contribution in [-0.2, 0) is 0 Å². The molecular weight excluding hydrogens is 286 g/mol. The van der Waals surface area contributed by atoms with Crippen LogP contribution in [0.1, 0.15) is 12.8 Å². The van der Waals surface area contributed by atoms with Gasteiger partial charge in [-0.05, 0) is 36.5 Å². The first kappa shape index (κ1) is 14.0. The fraction of sp³-hybridized carbons (Fsp3) is 0.312. The maximum atomic E-state index is 6.43. The number of methoxy groups -OCH3 is 1. The minimum absolute atomic E-state index is 0.554. The molecule has 0 radical (unpaired) electrons. The van der Waals surface area contributed by atoms with E-state index in [9.17, 15) is 0 Å². The number of benzene rings is 1. The van der Waals surface area contributed by atoms with Gasteiger partial charge in [0.05, 0.1) is 23.5 Å². The Bertz CT molecular complexity index is 656. The zero-order valence-corrected chi connectivity index (χ0v) is 12.7. The second-order valence-electron chi connectivity index (χ2n) is 5.30. The molecule has 2 aromatic rings. The predicted octanol–water partition coefficient (Wildman–Crippen LogP) is 3.81. The Morgan fingerprint density at radius 2 is 2.19 bits per heavy atom. The number of hydrogen-bond acceptors (Lipinski definition) is 4. The Hall–Kier alpha value is -1.94. The quantitative estimate of drug-likeness (QED) is 0.825. The van der Waals surface area contributed by atoms with E-state index in [-0.39, 0.29) is 0 Å². The van der Waals surface area contributed by atoms with Crippen molar-refractivity contribution in [3.8, 4) is 17.0 Å². The van der Waals surface area contributed by atoms with Gasteiger partial charge in [-0.2, -0.15) is 0 Å². The fourth-order valence-electron chi connectivity index (χ4n) is 2.23. The van der Waals surface area contributed by atoms with Gasteiger partial charge in [-0.15, -0.1) is 0 Å². The standard InChI is InChI=1S/C16H18ClN3O/c1-21-14-8-11(6-7-19-14)12-4-5-13(16(18)15(12)17)20-9-10-2-3-10/h4-8,10,20H,2-3,9,18H2,1H3. The second-order valence-corrected chi connectivity index (χ2v) is 5.68. The van der Waals surface area contributed by atoms with Crippen molar-refractivity contribution in [2.45, 2.75) is 12.8 Å². The number of hydrogen-bond donors (Lipinski definition) is 2. The highest BCUT2D eigenvalue weighted by Crippen LogP contribution is 2.38. The van der Waals surface area contributed by atoms with Crippen molar-refractivity contribution < 1.29 is 4.74 Å². The van der Waals surface area contributed by atoms with Gasteiger partial charge in [0.1, 0.15) is 0 Å². The summed E-state index contributed by atoms with van der Waals surface area (Å²) < 4.78 is 5.14. The third kappa shape index (κ3) is 3.05. The lowest BCUT2D eigenvalue weighted by molar-refractivity contribution is 0.398. The first-order valence-electron chi connectivity index (χ1n) is 7.01. The molecular formula is C16H18ClN3O. The number of aromatic nitrogens is 1. The zero-order valence-electron chi connectivity index (χ0n) is 11.9. The number of anilines is 2. The average Bonchev–Trinajstić information content (AvgIpc) is 3.33. The van der Waals surface area contributed by atoms with Crippen LogP contribution in [0.4, 0.5) is 11.4 Å². The molecule has 0 bridgehead atoms. The number of nitrogens with zero attached hydrogens (tertiary/aromatic N) is 1. The summed E-state index contributed by atoms with van der Waals surface area (Å²) in [6, 6.07) is 7.69. The Labute approximate surface area is 129 Å². The highest BCUT2D eigenvalue weighted by molar-refractivity contribution is 6.36. The van der Waals surface area contributed by atoms with E-state index < -0.39 is 0 Å². The number of nitrogens with one attached hydrogen (secondary N) is 1. The molecule has 4 nitrogen and oxygen atoms in total. The van der Waals surface area contributed by atoms with Gasteiger partial charge in [0.25, 0.3) is 0 Å². The Morgan fingerprint density at radius 1 is 1.38 bits per heavy atom. The lowest BCUT2D eigenvalue weighted by Crippen LogP contribution is -2.06. The number of rotatable bonds is 5. The van der Waals surface area contributed by atoms with E-state index in [0.717, 1.165) is 29.3 Å². The van der Waals surface area contributed by atoms with Crippen LogP contribution < -0.4 is 15.8 Å². The Balaban J connectivity index is 1.89. The van der Waals surface area contributed by atoms with E-state index in [1.165, 1.54) is 12.8 Å². The highest BCUT2D eigenvalue weighted by Gasteiger charge is 2.21. The molecule has 0 unspecified atom stereocenters. The van der Waals surface area contributed by atoms with Gasteiger partial charge in [0.2, 0.25) is 5.88 Å². The average molecular weight is 304 g/mol. The van der Waals surface area contributed by atoms with Gasteiger partial charge in [0.15, 0.2) is 0 Å². The molecule has 110 valence electrons. The number of pyridine rings is 1. The van der Waals surface area contributed by atoms with Crippen molar-refractivity contribution in [1.29, 1.82) is 0 Å². The van der Waals surface area contributed by atoms with Crippen LogP contribution in [0.15, 0.2) is 30.5 Å². The molecule has 0 saturated heterocycles. The van der Waals surface area contributed by atoms with Gasteiger partial charge in [-0.25, -0.2) is 4.98 Å². The van der Waals surface area contributed by atoms with Crippen LogP contribution in [0.3, 0.4) is 0 Å². The van der Waals surface area contributed by atoms with Gasteiger partial charge < -0.3 is 15.8 Å². The monoisotopic (exact) mass is 303 g/mol. The molecule has 0 amide bonds. The van der Waals surface area contributed by atoms with E-state index in [1.54, 1.807) is 13.3 Å². The number of halogens is 1. The topological polar surface area (TPSA) is 60.2 Å². The second kappa shape index (κ2) is 5.82. The molecule has 0 spiro atoms. The van der Waals surface area contributed by atoms with Gasteiger partial charge >= 0.3 is 0 Å². The highest BCUT2D eigenvalue weighted by atomic mass is 35.5. The third-order valence-corrected chi connectivity index (χ3v) is 4.12. The molecule has 1 aromatic carbocycles. The lowest BCUT2D eigenvalue weighted by atomic mass is 10.1. The molecule has 1 saturated carbocycles. The van der Waals surface area contributed by atoms with E-state index in [4.69, 9.17) is 22.1 Å². The van der Waals surface area contributed by atoms with Gasteiger partial charge in [-0.1, -0.05) is 17.7 Å². The summed E-state index contributed by atoms with van der Waals surface area (Å²) in [5.74, 6) is 1.34. The minimum Gasteiger partial charge on any atom is -0.481 e. The van der Waals surface area contributed by atoms with Crippen LogP contribution in [-0.4, -0.2) is 18.6 Å². The summed E-state index contributed by atoms with van der Waals surface area (Å²) in [5, 5.41) is 3.93. The summed E-state index contributed by atoms with van der Waals surface area (Å²) >= 11 is 6.43. The molecule has 1 heterocycles. The van der Waals surface area contributed by atoms with Crippen molar-refractivity contribution in [2.75, 3.05) is 24.7 Å². The van der Waals surface area contributed by atoms with Gasteiger partial charge in [-0.3, -0.25) is 0 Å². The van der Waals surface area contributed by atoms with E-state index >= 15 is 0 Å². The molecule has 1 aromatic heterocycles. The molecule has 0 atom stereocenters. The minimum atomic E-state index is 0.554. The van der Waals surface area contributed by atoms with Crippen LogP contribution in [0.5, 0.6) is 5.88 Å². The van der Waals surface area contributed by atoms with Crippen molar-refractivity contribution >= 4 is 23.0 Å². The number of ether oxygens (including phenoxy) is 1. The van der Waals surface area contributed by atoms with Gasteiger partial charge in [0, 0.05) is 24.4 Å². The third-order valence-electron chi connectivity index (χ3n) is 3.71. The van der Waals surface area contributed by atoms with Crippen LogP contribution in [0.25, 0.3) is 11.1 Å². The van der Waals surface area contributed by atoms with E-state index in [0.29, 0.717) is 16.6 Å². The molecule has 5 heteroatoms. The smallest absolute Gasteiger partial charge is 0.213 e. The first-order valence-corrected chi connectivity index (χ1v) is 7.39. The zero-order chi connectivity index (χ0) is 14.8. The largest absolute Gasteiger partial charge is 0.481 e. The number of nitrogens with two attached hydrogens (primary N) is 1. The maximum Gasteiger partial charge on any atom is 0.213 e. The summed E-state index contributed by atoms with van der Waals surface area (Å²) in [5.41, 5.74) is 9.46. The maximum absolute atomic E-state index is 6.43. The summed E-state index contributed by atoms with van der Waals surface area (Å²) in [6.45, 7) is 0.961. The van der Waals surface area contributed by atoms with Crippen molar-refractivity contribution in [3.05, 3.63) is 35.5 Å². The van der Waals surface area contributed by atoms with Crippen molar-refractivity contribution in [1.82, 2.24) is 4.98 Å². The van der Waals surface area contributed by atoms with Crippen LogP contribution in [0.2, 0.25) is 5.02 Å². The van der Waals surface area contributed by atoms with E-state index in [1.807, 2.05) is 24.3 Å². The molecule has 21 heavy (non-hydrogen) atoms. The Kier molecular flexibility index (Phi) is 3.88. The molecule has 1 aliphatic carbocycles. The predicted molar refractivity (Wildman–Crippen MR) is 86.9 cm³/mol. The summed E-state index contributed by atoms with van der Waals surface area (Å²) in [4.78, 5) is 4.10. The molecule has 3 rings (SSSR count). The molecule has 1 aliphatic rings. The number of nitrogen functional groups attached to an aromatic ring is 1.